The molecule has 1 fully saturated rings. The van der Waals surface area contributed by atoms with Crippen LogP contribution in [0.25, 0.3) is 0 Å². The van der Waals surface area contributed by atoms with Gasteiger partial charge in [-0.1, -0.05) is 11.8 Å². The van der Waals surface area contributed by atoms with Crippen molar-refractivity contribution in [1.29, 1.82) is 5.26 Å². The molecule has 0 radical (unpaired) electrons. The molecule has 0 aromatic carbocycles. The van der Waals surface area contributed by atoms with Gasteiger partial charge in [-0.05, 0) is 30.2 Å². The van der Waals surface area contributed by atoms with Crippen molar-refractivity contribution in [2.75, 3.05) is 5.75 Å². The van der Waals surface area contributed by atoms with E-state index in [1.165, 1.54) is 12.8 Å². The highest BCUT2D eigenvalue weighted by Gasteiger charge is 2.27. The lowest BCUT2D eigenvalue weighted by molar-refractivity contribution is 0.565. The van der Waals surface area contributed by atoms with E-state index >= 15 is 0 Å². The van der Waals surface area contributed by atoms with Gasteiger partial charge in [0, 0.05) is 5.75 Å². The first-order valence-corrected chi connectivity index (χ1v) is 5.60. The lowest BCUT2D eigenvalue weighted by Gasteiger charge is -2.02. The molecule has 0 bridgehead atoms. The van der Waals surface area contributed by atoms with Crippen LogP contribution in [0, 0.1) is 17.2 Å². The fourth-order valence-corrected chi connectivity index (χ4v) is 1.95. The Morgan fingerprint density at radius 2 is 2.50 bits per heavy atom. The number of tetrazole rings is 1. The summed E-state index contributed by atoms with van der Waals surface area (Å²) < 4.78 is 1.87. The normalized spacial score (nSPS) is 17.7. The Bertz CT molecular complexity index is 351. The summed E-state index contributed by atoms with van der Waals surface area (Å²) in [6, 6.07) is 2.70. The van der Waals surface area contributed by atoms with Crippen LogP contribution in [-0.4, -0.2) is 26.0 Å². The minimum atomic E-state index is 0.0457. The summed E-state index contributed by atoms with van der Waals surface area (Å²) in [6.45, 7) is 1.90. The van der Waals surface area contributed by atoms with Crippen molar-refractivity contribution in [3.05, 3.63) is 0 Å². The van der Waals surface area contributed by atoms with Gasteiger partial charge in [0.05, 0.1) is 18.0 Å². The van der Waals surface area contributed by atoms with Crippen molar-refractivity contribution in [2.45, 2.75) is 31.0 Å². The molecule has 1 aromatic rings. The molecule has 14 heavy (non-hydrogen) atoms. The van der Waals surface area contributed by atoms with Crippen LogP contribution in [0.1, 0.15) is 25.8 Å². The van der Waals surface area contributed by atoms with Gasteiger partial charge in [0.15, 0.2) is 0 Å². The monoisotopic (exact) mass is 209 g/mol. The molecule has 0 aliphatic heterocycles. The van der Waals surface area contributed by atoms with Crippen molar-refractivity contribution >= 4 is 11.8 Å². The standard InChI is InChI=1S/C8H11N5S/c1-6(4-9)5-14-8-10-11-12-13(8)7-2-3-7/h6-7H,2-3,5H2,1H3. The van der Waals surface area contributed by atoms with Gasteiger partial charge < -0.3 is 0 Å². The number of nitriles is 1. The average Bonchev–Trinajstić information content (AvgIpc) is 2.94. The van der Waals surface area contributed by atoms with Gasteiger partial charge in [0.2, 0.25) is 5.16 Å². The van der Waals surface area contributed by atoms with Gasteiger partial charge in [-0.25, -0.2) is 4.68 Å². The van der Waals surface area contributed by atoms with Crippen LogP contribution < -0.4 is 0 Å². The first-order valence-electron chi connectivity index (χ1n) is 4.61. The number of hydrogen-bond acceptors (Lipinski definition) is 5. The summed E-state index contributed by atoms with van der Waals surface area (Å²) in [6.07, 6.45) is 2.35. The maximum Gasteiger partial charge on any atom is 0.209 e. The molecule has 2 rings (SSSR count). The second kappa shape index (κ2) is 3.96. The van der Waals surface area contributed by atoms with Gasteiger partial charge in [-0.15, -0.1) is 5.10 Å². The number of rotatable bonds is 4. The molecule has 74 valence electrons. The van der Waals surface area contributed by atoms with Crippen LogP contribution in [0.2, 0.25) is 0 Å². The summed E-state index contributed by atoms with van der Waals surface area (Å²) in [7, 11) is 0. The van der Waals surface area contributed by atoms with E-state index in [9.17, 15) is 0 Å². The number of thioether (sulfide) groups is 1. The quantitative estimate of drug-likeness (QED) is 0.698. The van der Waals surface area contributed by atoms with Gasteiger partial charge in [-0.3, -0.25) is 0 Å². The number of nitrogens with zero attached hydrogens (tertiary/aromatic N) is 5. The Morgan fingerprint density at radius 3 is 3.14 bits per heavy atom. The van der Waals surface area contributed by atoms with Gasteiger partial charge in [-0.2, -0.15) is 5.26 Å². The fraction of sp³-hybridized carbons (Fsp3) is 0.750. The second-order valence-electron chi connectivity index (χ2n) is 3.48. The molecule has 0 saturated heterocycles. The molecular weight excluding hydrogens is 198 g/mol. The molecule has 5 nitrogen and oxygen atoms in total. The third kappa shape index (κ3) is 2.04. The van der Waals surface area contributed by atoms with Crippen molar-refractivity contribution in [3.63, 3.8) is 0 Å². The zero-order valence-electron chi connectivity index (χ0n) is 7.92. The predicted molar refractivity (Wildman–Crippen MR) is 51.6 cm³/mol. The third-order valence-electron chi connectivity index (χ3n) is 2.04. The molecule has 0 spiro atoms. The summed E-state index contributed by atoms with van der Waals surface area (Å²) in [5.41, 5.74) is 0. The van der Waals surface area contributed by atoms with E-state index in [1.54, 1.807) is 11.8 Å². The summed E-state index contributed by atoms with van der Waals surface area (Å²) >= 11 is 1.56. The molecule has 1 aliphatic rings. The Labute approximate surface area is 86.5 Å². The molecule has 0 amide bonds. The van der Waals surface area contributed by atoms with Crippen LogP contribution in [0.4, 0.5) is 0 Å². The van der Waals surface area contributed by atoms with Crippen LogP contribution >= 0.6 is 11.8 Å². The van der Waals surface area contributed by atoms with Crippen molar-refractivity contribution in [3.8, 4) is 6.07 Å². The van der Waals surface area contributed by atoms with Crippen LogP contribution in [0.3, 0.4) is 0 Å². The average molecular weight is 209 g/mol. The molecule has 1 aromatic heterocycles. The van der Waals surface area contributed by atoms with E-state index in [-0.39, 0.29) is 5.92 Å². The van der Waals surface area contributed by atoms with Crippen molar-refractivity contribution < 1.29 is 0 Å². The highest BCUT2D eigenvalue weighted by atomic mass is 32.2. The highest BCUT2D eigenvalue weighted by molar-refractivity contribution is 7.99. The first kappa shape index (κ1) is 9.46. The summed E-state index contributed by atoms with van der Waals surface area (Å²) in [5.74, 6) is 0.799. The summed E-state index contributed by atoms with van der Waals surface area (Å²) in [5, 5.41) is 21.0. The Morgan fingerprint density at radius 1 is 1.71 bits per heavy atom. The lowest BCUT2D eigenvalue weighted by atomic mass is 10.3. The minimum absolute atomic E-state index is 0.0457. The number of hydrogen-bond donors (Lipinski definition) is 0. The van der Waals surface area contributed by atoms with E-state index in [4.69, 9.17) is 5.26 Å². The fourth-order valence-electron chi connectivity index (χ4n) is 1.07. The van der Waals surface area contributed by atoms with Gasteiger partial charge in [0.25, 0.3) is 0 Å². The van der Waals surface area contributed by atoms with Crippen LogP contribution in [-0.2, 0) is 0 Å². The molecule has 1 saturated carbocycles. The first-order chi connectivity index (χ1) is 6.81. The summed E-state index contributed by atoms with van der Waals surface area (Å²) in [4.78, 5) is 0. The lowest BCUT2D eigenvalue weighted by Crippen LogP contribution is -2.01. The van der Waals surface area contributed by atoms with E-state index in [0.717, 1.165) is 10.9 Å². The Kier molecular flexibility index (Phi) is 2.68. The van der Waals surface area contributed by atoms with Crippen LogP contribution in [0.5, 0.6) is 0 Å². The van der Waals surface area contributed by atoms with Gasteiger partial charge in [0.1, 0.15) is 0 Å². The Hall–Kier alpha value is -1.09. The van der Waals surface area contributed by atoms with Crippen molar-refractivity contribution in [1.82, 2.24) is 20.2 Å². The predicted octanol–water partition coefficient (Wildman–Crippen LogP) is 1.26. The zero-order valence-corrected chi connectivity index (χ0v) is 8.74. The molecule has 1 heterocycles. The smallest absolute Gasteiger partial charge is 0.209 e. The molecular formula is C8H11N5S. The van der Waals surface area contributed by atoms with E-state index in [0.29, 0.717) is 6.04 Å². The second-order valence-corrected chi connectivity index (χ2v) is 4.47. The van der Waals surface area contributed by atoms with Crippen molar-refractivity contribution in [2.24, 2.45) is 5.92 Å². The van der Waals surface area contributed by atoms with Crippen LogP contribution in [0.15, 0.2) is 5.16 Å². The molecule has 6 heteroatoms. The minimum Gasteiger partial charge on any atom is -0.217 e. The largest absolute Gasteiger partial charge is 0.217 e. The third-order valence-corrected chi connectivity index (χ3v) is 3.23. The van der Waals surface area contributed by atoms with Gasteiger partial charge >= 0.3 is 0 Å². The topological polar surface area (TPSA) is 67.4 Å². The van der Waals surface area contributed by atoms with E-state index < -0.39 is 0 Å². The maximum atomic E-state index is 8.63. The molecule has 1 atom stereocenters. The van der Waals surface area contributed by atoms with E-state index in [2.05, 4.69) is 21.6 Å². The van der Waals surface area contributed by atoms with E-state index in [1.807, 2.05) is 11.6 Å². The number of aromatic nitrogens is 4. The Balaban J connectivity index is 1.95. The molecule has 1 unspecified atom stereocenters. The SMILES string of the molecule is CC(C#N)CSc1nnnn1C1CC1. The molecule has 0 N–H and O–H groups in total. The molecule has 1 aliphatic carbocycles. The highest BCUT2D eigenvalue weighted by Crippen LogP contribution is 2.36. The zero-order chi connectivity index (χ0) is 9.97. The maximum absolute atomic E-state index is 8.63.